The van der Waals surface area contributed by atoms with Crippen molar-refractivity contribution in [2.75, 3.05) is 0 Å². The third-order valence-corrected chi connectivity index (χ3v) is 2.31. The van der Waals surface area contributed by atoms with Crippen LogP contribution in [0.4, 0.5) is 5.69 Å². The number of pyridine rings is 1. The van der Waals surface area contributed by atoms with E-state index < -0.39 is 4.92 Å². The zero-order valence-corrected chi connectivity index (χ0v) is 9.98. The molecule has 2 rings (SSSR count). The Balaban J connectivity index is 0.000000686. The number of nitro groups is 1. The molecule has 0 bridgehead atoms. The lowest BCUT2D eigenvalue weighted by atomic mass is 10.1. The third-order valence-electron chi connectivity index (χ3n) is 2.31. The minimum absolute atomic E-state index is 0.00130. The van der Waals surface area contributed by atoms with Crippen molar-refractivity contribution in [2.24, 2.45) is 0 Å². The van der Waals surface area contributed by atoms with Crippen molar-refractivity contribution in [1.29, 1.82) is 0 Å². The molecule has 0 amide bonds. The fraction of sp³-hybridized carbons (Fsp3) is 0.250. The van der Waals surface area contributed by atoms with Gasteiger partial charge in [-0.25, -0.2) is 0 Å². The van der Waals surface area contributed by atoms with Crippen LogP contribution in [0.1, 0.15) is 19.4 Å². The second-order valence-electron chi connectivity index (χ2n) is 3.26. The van der Waals surface area contributed by atoms with Gasteiger partial charge in [0.1, 0.15) is 0 Å². The summed E-state index contributed by atoms with van der Waals surface area (Å²) in [6, 6.07) is 4.72. The van der Waals surface area contributed by atoms with Crippen molar-refractivity contribution < 1.29 is 4.92 Å². The maximum atomic E-state index is 11.4. The highest BCUT2D eigenvalue weighted by atomic mass is 16.6. The molecule has 0 saturated heterocycles. The summed E-state index contributed by atoms with van der Waals surface area (Å²) in [5.74, 6) is 0. The van der Waals surface area contributed by atoms with E-state index in [2.05, 4.69) is 4.98 Å². The van der Waals surface area contributed by atoms with Gasteiger partial charge < -0.3 is 4.98 Å². The molecule has 5 heteroatoms. The number of aromatic amines is 1. The highest BCUT2D eigenvalue weighted by Crippen LogP contribution is 2.26. The lowest BCUT2D eigenvalue weighted by molar-refractivity contribution is -0.383. The van der Waals surface area contributed by atoms with E-state index in [-0.39, 0.29) is 11.2 Å². The minimum atomic E-state index is -0.461. The average molecular weight is 234 g/mol. The minimum Gasteiger partial charge on any atom is -0.329 e. The number of hydrogen-bond donors (Lipinski definition) is 1. The van der Waals surface area contributed by atoms with Crippen LogP contribution in [0, 0.1) is 17.0 Å². The fourth-order valence-corrected chi connectivity index (χ4v) is 1.60. The summed E-state index contributed by atoms with van der Waals surface area (Å²) >= 11 is 0. The highest BCUT2D eigenvalue weighted by molar-refractivity contribution is 5.91. The number of nitrogens with zero attached hydrogens (tertiary/aromatic N) is 1. The zero-order valence-electron chi connectivity index (χ0n) is 9.98. The molecule has 1 aromatic heterocycles. The van der Waals surface area contributed by atoms with E-state index in [1.54, 1.807) is 25.1 Å². The van der Waals surface area contributed by atoms with E-state index in [0.29, 0.717) is 16.3 Å². The van der Waals surface area contributed by atoms with Gasteiger partial charge in [0.25, 0.3) is 11.2 Å². The largest absolute Gasteiger partial charge is 0.329 e. The number of H-pyrrole nitrogens is 1. The first-order valence-corrected chi connectivity index (χ1v) is 5.36. The number of fused-ring (bicyclic) bond motifs is 1. The number of nitrogens with one attached hydrogen (secondary N) is 1. The summed E-state index contributed by atoms with van der Waals surface area (Å²) in [5.41, 5.74) is 0.243. The van der Waals surface area contributed by atoms with Crippen LogP contribution in [-0.2, 0) is 0 Å². The van der Waals surface area contributed by atoms with Crippen LogP contribution < -0.4 is 5.56 Å². The first-order chi connectivity index (χ1) is 8.11. The monoisotopic (exact) mass is 234 g/mol. The molecule has 0 saturated carbocycles. The third kappa shape index (κ3) is 2.33. The van der Waals surface area contributed by atoms with Crippen molar-refractivity contribution >= 4 is 16.5 Å². The normalized spacial score (nSPS) is 9.59. The lowest BCUT2D eigenvalue weighted by Crippen LogP contribution is -2.06. The van der Waals surface area contributed by atoms with Crippen LogP contribution in [0.2, 0.25) is 0 Å². The van der Waals surface area contributed by atoms with Gasteiger partial charge in [-0.1, -0.05) is 19.9 Å². The van der Waals surface area contributed by atoms with Gasteiger partial charge in [0, 0.05) is 11.8 Å². The molecule has 1 heterocycles. The number of aryl methyl sites for hydroxylation is 1. The predicted molar refractivity (Wildman–Crippen MR) is 67.3 cm³/mol. The van der Waals surface area contributed by atoms with Gasteiger partial charge >= 0.3 is 0 Å². The Morgan fingerprint density at radius 2 is 1.82 bits per heavy atom. The molecule has 0 atom stereocenters. The Hall–Kier alpha value is -2.17. The van der Waals surface area contributed by atoms with Gasteiger partial charge in [-0.3, -0.25) is 14.9 Å². The second-order valence-corrected chi connectivity index (χ2v) is 3.26. The van der Waals surface area contributed by atoms with Gasteiger partial charge in [0.2, 0.25) is 0 Å². The smallest absolute Gasteiger partial charge is 0.280 e. The second kappa shape index (κ2) is 5.25. The molecule has 2 aromatic rings. The molecule has 0 aliphatic rings. The van der Waals surface area contributed by atoms with Crippen LogP contribution in [0.15, 0.2) is 29.2 Å². The van der Waals surface area contributed by atoms with Crippen molar-refractivity contribution in [1.82, 2.24) is 4.98 Å². The Bertz CT molecular complexity index is 602. The van der Waals surface area contributed by atoms with E-state index in [1.165, 1.54) is 6.20 Å². The molecule has 1 aromatic carbocycles. The van der Waals surface area contributed by atoms with Crippen molar-refractivity contribution in [3.63, 3.8) is 0 Å². The van der Waals surface area contributed by atoms with Crippen molar-refractivity contribution in [3.8, 4) is 0 Å². The summed E-state index contributed by atoms with van der Waals surface area (Å²) in [6.07, 6.45) is 1.41. The Kier molecular flexibility index (Phi) is 3.98. The number of rotatable bonds is 1. The number of hydrogen-bond acceptors (Lipinski definition) is 3. The summed E-state index contributed by atoms with van der Waals surface area (Å²) < 4.78 is 0. The summed E-state index contributed by atoms with van der Waals surface area (Å²) in [5, 5.41) is 11.6. The number of benzene rings is 1. The first kappa shape index (κ1) is 12.9. The molecule has 0 spiro atoms. The quantitative estimate of drug-likeness (QED) is 0.608. The molecule has 0 radical (unpaired) electrons. The molecule has 0 aliphatic carbocycles. The number of nitro benzene ring substituents is 1. The maximum Gasteiger partial charge on any atom is 0.280 e. The van der Waals surface area contributed by atoms with Crippen LogP contribution in [-0.4, -0.2) is 9.91 Å². The standard InChI is InChI=1S/C10H8N2O3.C2H6/c1-6-2-3-8-7(9(6)12(14)15)4-5-11-10(8)13;1-2/h2-5H,1H3,(H,11,13);1-2H3. The Labute approximate surface area is 98.2 Å². The molecular weight excluding hydrogens is 220 g/mol. The van der Waals surface area contributed by atoms with Gasteiger partial charge in [-0.2, -0.15) is 0 Å². The molecule has 17 heavy (non-hydrogen) atoms. The molecule has 0 aliphatic heterocycles. The van der Waals surface area contributed by atoms with E-state index >= 15 is 0 Å². The molecule has 90 valence electrons. The Morgan fingerprint density at radius 1 is 1.18 bits per heavy atom. The summed E-state index contributed by atoms with van der Waals surface area (Å²) in [4.78, 5) is 24.2. The van der Waals surface area contributed by atoms with E-state index in [0.717, 1.165) is 0 Å². The van der Waals surface area contributed by atoms with Crippen LogP contribution in [0.5, 0.6) is 0 Å². The van der Waals surface area contributed by atoms with Crippen LogP contribution in [0.25, 0.3) is 10.8 Å². The lowest BCUT2D eigenvalue weighted by Gasteiger charge is -2.00. The predicted octanol–water partition coefficient (Wildman–Crippen LogP) is 2.77. The summed E-state index contributed by atoms with van der Waals surface area (Å²) in [6.45, 7) is 5.65. The van der Waals surface area contributed by atoms with E-state index in [9.17, 15) is 14.9 Å². The first-order valence-electron chi connectivity index (χ1n) is 5.36. The maximum absolute atomic E-state index is 11.4. The van der Waals surface area contributed by atoms with E-state index in [1.807, 2.05) is 13.8 Å². The fourth-order valence-electron chi connectivity index (χ4n) is 1.60. The zero-order chi connectivity index (χ0) is 13.0. The van der Waals surface area contributed by atoms with Gasteiger partial charge in [-0.15, -0.1) is 0 Å². The van der Waals surface area contributed by atoms with E-state index in [4.69, 9.17) is 0 Å². The van der Waals surface area contributed by atoms with Gasteiger partial charge in [0.15, 0.2) is 0 Å². The van der Waals surface area contributed by atoms with Crippen LogP contribution in [0.3, 0.4) is 0 Å². The van der Waals surface area contributed by atoms with Gasteiger partial charge in [-0.05, 0) is 19.1 Å². The molecule has 0 unspecified atom stereocenters. The SMILES string of the molecule is CC.Cc1ccc2c(=O)[nH]ccc2c1[N+](=O)[O-]. The van der Waals surface area contributed by atoms with Crippen molar-refractivity contribution in [3.05, 3.63) is 50.4 Å². The van der Waals surface area contributed by atoms with Gasteiger partial charge in [0.05, 0.1) is 15.7 Å². The van der Waals surface area contributed by atoms with Crippen LogP contribution >= 0.6 is 0 Å². The van der Waals surface area contributed by atoms with Crippen molar-refractivity contribution in [2.45, 2.75) is 20.8 Å². The molecule has 1 N–H and O–H groups in total. The molecule has 0 fully saturated rings. The molecule has 5 nitrogen and oxygen atoms in total. The highest BCUT2D eigenvalue weighted by Gasteiger charge is 2.16. The topological polar surface area (TPSA) is 76.0 Å². The molecular formula is C12H14N2O3. The average Bonchev–Trinajstić information content (AvgIpc) is 2.31. The summed E-state index contributed by atoms with van der Waals surface area (Å²) in [7, 11) is 0. The Morgan fingerprint density at radius 3 is 2.41 bits per heavy atom. The number of aromatic nitrogens is 1.